The predicted octanol–water partition coefficient (Wildman–Crippen LogP) is 1.40. The van der Waals surface area contributed by atoms with E-state index in [-0.39, 0.29) is 18.6 Å². The summed E-state index contributed by atoms with van der Waals surface area (Å²) < 4.78 is 10.6. The molecule has 1 amide bonds. The van der Waals surface area contributed by atoms with E-state index in [4.69, 9.17) is 15.2 Å². The molecule has 0 spiro atoms. The van der Waals surface area contributed by atoms with Gasteiger partial charge in [0.15, 0.2) is 18.1 Å². The Bertz CT molecular complexity index is 444. The number of hydrogen-bond donors (Lipinski definition) is 2. The fourth-order valence-corrected chi connectivity index (χ4v) is 1.47. The van der Waals surface area contributed by atoms with Gasteiger partial charge in [-0.25, -0.2) is 0 Å². The van der Waals surface area contributed by atoms with Crippen molar-refractivity contribution < 1.29 is 14.3 Å². The van der Waals surface area contributed by atoms with Crippen LogP contribution in [0, 0.1) is 0 Å². The molecule has 0 saturated carbocycles. The summed E-state index contributed by atoms with van der Waals surface area (Å²) in [5, 5.41) is 2.63. The van der Waals surface area contributed by atoms with Gasteiger partial charge in [0.2, 0.25) is 0 Å². The predicted molar refractivity (Wildman–Crippen MR) is 74.3 cm³/mol. The molecular formula is C14H20N2O3. The number of benzene rings is 1. The lowest BCUT2D eigenvalue weighted by Crippen LogP contribution is -2.28. The van der Waals surface area contributed by atoms with Gasteiger partial charge >= 0.3 is 0 Å². The number of carbonyl (C=O) groups is 1. The van der Waals surface area contributed by atoms with E-state index < -0.39 is 0 Å². The van der Waals surface area contributed by atoms with E-state index in [2.05, 4.69) is 11.9 Å². The molecule has 1 aromatic carbocycles. The van der Waals surface area contributed by atoms with Crippen molar-refractivity contribution in [1.29, 1.82) is 0 Å². The molecule has 0 saturated heterocycles. The van der Waals surface area contributed by atoms with Crippen molar-refractivity contribution in [3.63, 3.8) is 0 Å². The first-order chi connectivity index (χ1) is 9.08. The summed E-state index contributed by atoms with van der Waals surface area (Å²) in [5.74, 6) is 0.866. The third kappa shape index (κ3) is 4.63. The van der Waals surface area contributed by atoms with Crippen LogP contribution in [0.25, 0.3) is 0 Å². The second kappa shape index (κ2) is 7.43. The van der Waals surface area contributed by atoms with Gasteiger partial charge in [-0.05, 0) is 24.6 Å². The zero-order valence-corrected chi connectivity index (χ0v) is 11.3. The Labute approximate surface area is 113 Å². The highest BCUT2D eigenvalue weighted by Gasteiger charge is 2.09. The molecular weight excluding hydrogens is 244 g/mol. The summed E-state index contributed by atoms with van der Waals surface area (Å²) >= 11 is 0. The zero-order chi connectivity index (χ0) is 14.3. The van der Waals surface area contributed by atoms with Gasteiger partial charge < -0.3 is 20.5 Å². The number of carbonyl (C=O) groups excluding carboxylic acids is 1. The summed E-state index contributed by atoms with van der Waals surface area (Å²) in [7, 11) is 1.55. The third-order valence-corrected chi connectivity index (χ3v) is 2.52. The van der Waals surface area contributed by atoms with Gasteiger partial charge in [0.1, 0.15) is 0 Å². The lowest BCUT2D eigenvalue weighted by molar-refractivity contribution is -0.122. The molecule has 0 aromatic heterocycles. The number of amides is 1. The Morgan fingerprint density at radius 1 is 1.53 bits per heavy atom. The number of rotatable bonds is 7. The standard InChI is InChI=1S/C14H20N2O3/c1-4-7-16-14(17)9-19-12-6-5-11(10(2)15)8-13(12)18-3/h4-6,8,10H,1,7,9,15H2,2-3H3,(H,16,17). The molecule has 0 heterocycles. The molecule has 1 aromatic rings. The van der Waals surface area contributed by atoms with Gasteiger partial charge in [0.05, 0.1) is 7.11 Å². The van der Waals surface area contributed by atoms with E-state index in [1.165, 1.54) is 0 Å². The minimum Gasteiger partial charge on any atom is -0.493 e. The number of ether oxygens (including phenoxy) is 2. The second-order valence-electron chi connectivity index (χ2n) is 4.08. The van der Waals surface area contributed by atoms with Crippen LogP contribution in [0.3, 0.4) is 0 Å². The summed E-state index contributed by atoms with van der Waals surface area (Å²) in [4.78, 5) is 11.4. The highest BCUT2D eigenvalue weighted by atomic mass is 16.5. The van der Waals surface area contributed by atoms with Gasteiger partial charge in [0, 0.05) is 12.6 Å². The molecule has 1 rings (SSSR count). The first kappa shape index (κ1) is 15.0. The Morgan fingerprint density at radius 2 is 2.26 bits per heavy atom. The van der Waals surface area contributed by atoms with Gasteiger partial charge in [-0.3, -0.25) is 4.79 Å². The average Bonchev–Trinajstić information content (AvgIpc) is 2.42. The van der Waals surface area contributed by atoms with Crippen molar-refractivity contribution in [2.45, 2.75) is 13.0 Å². The number of nitrogens with one attached hydrogen (secondary N) is 1. The second-order valence-corrected chi connectivity index (χ2v) is 4.08. The molecule has 19 heavy (non-hydrogen) atoms. The zero-order valence-electron chi connectivity index (χ0n) is 11.3. The molecule has 1 unspecified atom stereocenters. The van der Waals surface area contributed by atoms with Crippen molar-refractivity contribution >= 4 is 5.91 Å². The Hall–Kier alpha value is -2.01. The van der Waals surface area contributed by atoms with E-state index in [1.807, 2.05) is 19.1 Å². The SMILES string of the molecule is C=CCNC(=O)COc1ccc(C(C)N)cc1OC. The fourth-order valence-electron chi connectivity index (χ4n) is 1.47. The van der Waals surface area contributed by atoms with E-state index >= 15 is 0 Å². The van der Waals surface area contributed by atoms with Crippen molar-refractivity contribution in [2.24, 2.45) is 5.73 Å². The van der Waals surface area contributed by atoms with Gasteiger partial charge in [-0.2, -0.15) is 0 Å². The third-order valence-electron chi connectivity index (χ3n) is 2.52. The summed E-state index contributed by atoms with van der Waals surface area (Å²) in [5.41, 5.74) is 6.74. The molecule has 0 bridgehead atoms. The molecule has 3 N–H and O–H groups in total. The first-order valence-corrected chi connectivity index (χ1v) is 6.02. The minimum absolute atomic E-state index is 0.0677. The summed E-state index contributed by atoms with van der Waals surface area (Å²) in [6.07, 6.45) is 1.61. The van der Waals surface area contributed by atoms with Crippen LogP contribution in [0.2, 0.25) is 0 Å². The van der Waals surface area contributed by atoms with Crippen LogP contribution < -0.4 is 20.5 Å². The van der Waals surface area contributed by atoms with Crippen LogP contribution in [0.1, 0.15) is 18.5 Å². The monoisotopic (exact) mass is 264 g/mol. The molecule has 104 valence electrons. The normalized spacial score (nSPS) is 11.5. The molecule has 0 aliphatic heterocycles. The largest absolute Gasteiger partial charge is 0.493 e. The van der Waals surface area contributed by atoms with Gasteiger partial charge in [-0.1, -0.05) is 12.1 Å². The lowest BCUT2D eigenvalue weighted by Gasteiger charge is -2.13. The Kier molecular flexibility index (Phi) is 5.89. The fraction of sp³-hybridized carbons (Fsp3) is 0.357. The van der Waals surface area contributed by atoms with Crippen molar-refractivity contribution in [3.8, 4) is 11.5 Å². The summed E-state index contributed by atoms with van der Waals surface area (Å²) in [6.45, 7) is 5.76. The number of hydrogen-bond acceptors (Lipinski definition) is 4. The highest BCUT2D eigenvalue weighted by Crippen LogP contribution is 2.29. The summed E-state index contributed by atoms with van der Waals surface area (Å²) in [6, 6.07) is 5.32. The maximum Gasteiger partial charge on any atom is 0.258 e. The smallest absolute Gasteiger partial charge is 0.258 e. The molecule has 0 fully saturated rings. The maximum absolute atomic E-state index is 11.4. The van der Waals surface area contributed by atoms with Crippen molar-refractivity contribution in [2.75, 3.05) is 20.3 Å². The van der Waals surface area contributed by atoms with Crippen LogP contribution in [0.15, 0.2) is 30.9 Å². The number of methoxy groups -OCH3 is 1. The Balaban J connectivity index is 2.67. The maximum atomic E-state index is 11.4. The first-order valence-electron chi connectivity index (χ1n) is 6.02. The van der Waals surface area contributed by atoms with Crippen LogP contribution in [-0.2, 0) is 4.79 Å². The van der Waals surface area contributed by atoms with Gasteiger partial charge in [-0.15, -0.1) is 6.58 Å². The average molecular weight is 264 g/mol. The van der Waals surface area contributed by atoms with Crippen LogP contribution in [0.4, 0.5) is 0 Å². The molecule has 0 radical (unpaired) electrons. The molecule has 5 nitrogen and oxygen atoms in total. The van der Waals surface area contributed by atoms with Crippen molar-refractivity contribution in [1.82, 2.24) is 5.32 Å². The van der Waals surface area contributed by atoms with Crippen molar-refractivity contribution in [3.05, 3.63) is 36.4 Å². The van der Waals surface area contributed by atoms with Crippen LogP contribution in [0.5, 0.6) is 11.5 Å². The van der Waals surface area contributed by atoms with Crippen LogP contribution >= 0.6 is 0 Å². The van der Waals surface area contributed by atoms with Crippen LogP contribution in [-0.4, -0.2) is 26.2 Å². The molecule has 0 aliphatic carbocycles. The quantitative estimate of drug-likeness (QED) is 0.730. The van der Waals surface area contributed by atoms with E-state index in [1.54, 1.807) is 19.3 Å². The number of nitrogens with two attached hydrogens (primary N) is 1. The molecule has 0 aliphatic rings. The van der Waals surface area contributed by atoms with E-state index in [0.717, 1.165) is 5.56 Å². The Morgan fingerprint density at radius 3 is 2.84 bits per heavy atom. The highest BCUT2D eigenvalue weighted by molar-refractivity contribution is 5.77. The molecule has 5 heteroatoms. The van der Waals surface area contributed by atoms with E-state index in [9.17, 15) is 4.79 Å². The van der Waals surface area contributed by atoms with E-state index in [0.29, 0.717) is 18.0 Å². The lowest BCUT2D eigenvalue weighted by atomic mass is 10.1. The minimum atomic E-state index is -0.210. The molecule has 1 atom stereocenters. The topological polar surface area (TPSA) is 73.6 Å². The van der Waals surface area contributed by atoms with Gasteiger partial charge in [0.25, 0.3) is 5.91 Å².